The molecule has 0 aromatic carbocycles. The standard InChI is InChI=1S/C8H10ClN3/c1-12-3-2-6-7(5-12)10-4-8(9)11-6/h4H,2-3,5H2,1H3. The van der Waals surface area contributed by atoms with Gasteiger partial charge in [-0.25, -0.2) is 4.98 Å². The minimum absolute atomic E-state index is 0.498. The Morgan fingerprint density at radius 2 is 2.33 bits per heavy atom. The van der Waals surface area contributed by atoms with Gasteiger partial charge >= 0.3 is 0 Å². The Hall–Kier alpha value is -0.670. The summed E-state index contributed by atoms with van der Waals surface area (Å²) in [5, 5.41) is 0.498. The van der Waals surface area contributed by atoms with Crippen LogP contribution in [0.2, 0.25) is 5.15 Å². The second-order valence-electron chi connectivity index (χ2n) is 3.07. The van der Waals surface area contributed by atoms with Gasteiger partial charge in [-0.2, -0.15) is 0 Å². The lowest BCUT2D eigenvalue weighted by molar-refractivity contribution is 0.304. The van der Waals surface area contributed by atoms with Crippen LogP contribution in [0.1, 0.15) is 11.4 Å². The van der Waals surface area contributed by atoms with Crippen molar-refractivity contribution in [3.8, 4) is 0 Å². The third-order valence-electron chi connectivity index (χ3n) is 2.05. The number of nitrogens with zero attached hydrogens (tertiary/aromatic N) is 3. The van der Waals surface area contributed by atoms with Crippen LogP contribution in [0.5, 0.6) is 0 Å². The molecular weight excluding hydrogens is 174 g/mol. The molecule has 0 aliphatic carbocycles. The summed E-state index contributed by atoms with van der Waals surface area (Å²) in [6.07, 6.45) is 2.57. The number of halogens is 1. The van der Waals surface area contributed by atoms with Gasteiger partial charge in [-0.15, -0.1) is 0 Å². The quantitative estimate of drug-likeness (QED) is 0.604. The maximum absolute atomic E-state index is 5.73. The molecule has 0 unspecified atom stereocenters. The van der Waals surface area contributed by atoms with Gasteiger partial charge in [0, 0.05) is 19.5 Å². The second-order valence-corrected chi connectivity index (χ2v) is 3.46. The van der Waals surface area contributed by atoms with Gasteiger partial charge < -0.3 is 4.90 Å². The van der Waals surface area contributed by atoms with E-state index in [4.69, 9.17) is 11.6 Å². The zero-order valence-electron chi connectivity index (χ0n) is 6.92. The SMILES string of the molecule is CN1CCc2nc(Cl)cnc2C1. The first-order chi connectivity index (χ1) is 5.75. The molecule has 1 aromatic rings. The Kier molecular flexibility index (Phi) is 1.98. The van der Waals surface area contributed by atoms with Crippen molar-refractivity contribution in [1.29, 1.82) is 0 Å². The van der Waals surface area contributed by atoms with E-state index in [2.05, 4.69) is 21.9 Å². The van der Waals surface area contributed by atoms with Crippen LogP contribution < -0.4 is 0 Å². The molecule has 1 aliphatic heterocycles. The van der Waals surface area contributed by atoms with Gasteiger partial charge in [-0.3, -0.25) is 4.98 Å². The molecule has 4 heteroatoms. The van der Waals surface area contributed by atoms with E-state index in [1.807, 2.05) is 0 Å². The lowest BCUT2D eigenvalue weighted by Crippen LogP contribution is -2.28. The highest BCUT2D eigenvalue weighted by Gasteiger charge is 2.15. The van der Waals surface area contributed by atoms with E-state index in [1.165, 1.54) is 0 Å². The number of rotatable bonds is 0. The van der Waals surface area contributed by atoms with Crippen molar-refractivity contribution in [2.45, 2.75) is 13.0 Å². The monoisotopic (exact) mass is 183 g/mol. The minimum Gasteiger partial charge on any atom is -0.300 e. The Labute approximate surface area is 76.4 Å². The summed E-state index contributed by atoms with van der Waals surface area (Å²) in [4.78, 5) is 10.7. The van der Waals surface area contributed by atoms with E-state index in [0.29, 0.717) is 5.15 Å². The molecule has 0 bridgehead atoms. The Morgan fingerprint density at radius 1 is 1.50 bits per heavy atom. The molecule has 1 aromatic heterocycles. The van der Waals surface area contributed by atoms with Gasteiger partial charge in [-0.05, 0) is 7.05 Å². The summed E-state index contributed by atoms with van der Waals surface area (Å²) in [6.45, 7) is 1.93. The average molecular weight is 184 g/mol. The first-order valence-corrected chi connectivity index (χ1v) is 4.32. The molecule has 12 heavy (non-hydrogen) atoms. The molecule has 0 atom stereocenters. The zero-order valence-corrected chi connectivity index (χ0v) is 7.67. The Bertz CT molecular complexity index is 300. The topological polar surface area (TPSA) is 29.0 Å². The highest BCUT2D eigenvalue weighted by Crippen LogP contribution is 2.15. The summed E-state index contributed by atoms with van der Waals surface area (Å²) in [6, 6.07) is 0. The van der Waals surface area contributed by atoms with E-state index in [0.717, 1.165) is 30.9 Å². The van der Waals surface area contributed by atoms with Crippen LogP contribution in [0.25, 0.3) is 0 Å². The van der Waals surface area contributed by atoms with E-state index in [-0.39, 0.29) is 0 Å². The predicted molar refractivity (Wildman–Crippen MR) is 47.1 cm³/mol. The molecule has 2 rings (SSSR count). The van der Waals surface area contributed by atoms with Crippen LogP contribution in [0.4, 0.5) is 0 Å². The molecule has 0 amide bonds. The van der Waals surface area contributed by atoms with Gasteiger partial charge in [0.25, 0.3) is 0 Å². The van der Waals surface area contributed by atoms with Crippen LogP contribution in [0.15, 0.2) is 6.20 Å². The summed E-state index contributed by atoms with van der Waals surface area (Å²) in [5.41, 5.74) is 2.12. The van der Waals surface area contributed by atoms with Crippen LogP contribution >= 0.6 is 11.6 Å². The smallest absolute Gasteiger partial charge is 0.147 e. The van der Waals surface area contributed by atoms with Crippen LogP contribution in [-0.4, -0.2) is 28.5 Å². The lowest BCUT2D eigenvalue weighted by atomic mass is 10.1. The van der Waals surface area contributed by atoms with Gasteiger partial charge in [0.15, 0.2) is 0 Å². The molecule has 0 fully saturated rings. The lowest BCUT2D eigenvalue weighted by Gasteiger charge is -2.22. The van der Waals surface area contributed by atoms with Gasteiger partial charge in [-0.1, -0.05) is 11.6 Å². The highest BCUT2D eigenvalue weighted by molar-refractivity contribution is 6.29. The van der Waals surface area contributed by atoms with Crippen molar-refractivity contribution in [1.82, 2.24) is 14.9 Å². The van der Waals surface area contributed by atoms with Crippen molar-refractivity contribution in [3.63, 3.8) is 0 Å². The second kappa shape index (κ2) is 2.99. The highest BCUT2D eigenvalue weighted by atomic mass is 35.5. The number of hydrogen-bond donors (Lipinski definition) is 0. The third-order valence-corrected chi connectivity index (χ3v) is 2.23. The summed E-state index contributed by atoms with van der Waals surface area (Å²) in [5.74, 6) is 0. The van der Waals surface area contributed by atoms with E-state index < -0.39 is 0 Å². The van der Waals surface area contributed by atoms with Gasteiger partial charge in [0.2, 0.25) is 0 Å². The molecule has 0 N–H and O–H groups in total. The van der Waals surface area contributed by atoms with Crippen molar-refractivity contribution in [2.24, 2.45) is 0 Å². The zero-order chi connectivity index (χ0) is 8.55. The Morgan fingerprint density at radius 3 is 3.17 bits per heavy atom. The average Bonchev–Trinajstić information content (AvgIpc) is 2.05. The molecule has 1 aliphatic rings. The van der Waals surface area contributed by atoms with Gasteiger partial charge in [0.1, 0.15) is 5.15 Å². The summed E-state index contributed by atoms with van der Waals surface area (Å²) in [7, 11) is 2.08. The van der Waals surface area contributed by atoms with Crippen molar-refractivity contribution >= 4 is 11.6 Å². The number of hydrogen-bond acceptors (Lipinski definition) is 3. The van der Waals surface area contributed by atoms with Crippen LogP contribution in [-0.2, 0) is 13.0 Å². The molecule has 0 spiro atoms. The normalized spacial score (nSPS) is 17.5. The molecule has 3 nitrogen and oxygen atoms in total. The van der Waals surface area contributed by atoms with E-state index >= 15 is 0 Å². The largest absolute Gasteiger partial charge is 0.300 e. The number of fused-ring (bicyclic) bond motifs is 1. The molecule has 0 radical (unpaired) electrons. The summed E-state index contributed by atoms with van der Waals surface area (Å²) < 4.78 is 0. The molecule has 0 saturated heterocycles. The molecule has 64 valence electrons. The fraction of sp³-hybridized carbons (Fsp3) is 0.500. The maximum Gasteiger partial charge on any atom is 0.147 e. The van der Waals surface area contributed by atoms with Crippen molar-refractivity contribution < 1.29 is 0 Å². The van der Waals surface area contributed by atoms with Crippen molar-refractivity contribution in [2.75, 3.05) is 13.6 Å². The Balaban J connectivity index is 2.37. The van der Waals surface area contributed by atoms with Gasteiger partial charge in [0.05, 0.1) is 17.6 Å². The van der Waals surface area contributed by atoms with Crippen LogP contribution in [0, 0.1) is 0 Å². The third kappa shape index (κ3) is 1.42. The minimum atomic E-state index is 0.498. The fourth-order valence-corrected chi connectivity index (χ4v) is 1.54. The molecule has 2 heterocycles. The predicted octanol–water partition coefficient (Wildman–Crippen LogP) is 1.12. The maximum atomic E-state index is 5.73. The first-order valence-electron chi connectivity index (χ1n) is 3.94. The summed E-state index contributed by atoms with van der Waals surface area (Å²) >= 11 is 5.73. The first kappa shape index (κ1) is 7.95. The molecule has 0 saturated carbocycles. The number of aromatic nitrogens is 2. The van der Waals surface area contributed by atoms with E-state index in [9.17, 15) is 0 Å². The fourth-order valence-electron chi connectivity index (χ4n) is 1.39. The van der Waals surface area contributed by atoms with Crippen LogP contribution in [0.3, 0.4) is 0 Å². The van der Waals surface area contributed by atoms with E-state index in [1.54, 1.807) is 6.20 Å². The van der Waals surface area contributed by atoms with Crippen molar-refractivity contribution in [3.05, 3.63) is 22.7 Å². The number of likely N-dealkylation sites (N-methyl/N-ethyl adjacent to an activating group) is 1. The molecular formula is C8H10ClN3.